The predicted molar refractivity (Wildman–Crippen MR) is 83.6 cm³/mol. The van der Waals surface area contributed by atoms with Gasteiger partial charge in [0.2, 0.25) is 0 Å². The highest BCUT2D eigenvalue weighted by Gasteiger charge is 2.17. The number of hydrogen-bond donors (Lipinski definition) is 3. The molecule has 0 aliphatic carbocycles. The summed E-state index contributed by atoms with van der Waals surface area (Å²) in [6, 6.07) is 12.2. The minimum absolute atomic E-state index is 0.111. The van der Waals surface area contributed by atoms with Crippen LogP contribution < -0.4 is 10.8 Å². The minimum atomic E-state index is -1.71. The highest BCUT2D eigenvalue weighted by molar-refractivity contribution is 6.62. The van der Waals surface area contributed by atoms with Gasteiger partial charge in [-0.1, -0.05) is 41.4 Å². The Balaban J connectivity index is 2.06. The topological polar surface area (TPSA) is 69.6 Å². The summed E-state index contributed by atoms with van der Waals surface area (Å²) in [7, 11) is -1.71. The average molecular weight is 304 g/mol. The van der Waals surface area contributed by atoms with E-state index >= 15 is 0 Å². The van der Waals surface area contributed by atoms with E-state index < -0.39 is 7.12 Å². The van der Waals surface area contributed by atoms with E-state index in [0.717, 1.165) is 11.1 Å². The molecule has 3 N–H and O–H groups in total. The SMILES string of the molecule is Cc1ccc(CNC(=O)c2ccc(Cl)c(B(O)O)c2)cc1. The molecule has 4 nitrogen and oxygen atoms in total. The zero-order valence-electron chi connectivity index (χ0n) is 11.5. The van der Waals surface area contributed by atoms with Gasteiger partial charge >= 0.3 is 7.12 Å². The number of carbonyl (C=O) groups is 1. The van der Waals surface area contributed by atoms with Crippen molar-refractivity contribution in [2.75, 3.05) is 0 Å². The normalized spacial score (nSPS) is 10.3. The Morgan fingerprint density at radius 3 is 2.48 bits per heavy atom. The number of aryl methyl sites for hydroxylation is 1. The lowest BCUT2D eigenvalue weighted by Gasteiger charge is -2.08. The summed E-state index contributed by atoms with van der Waals surface area (Å²) in [5.74, 6) is -0.297. The van der Waals surface area contributed by atoms with E-state index in [9.17, 15) is 14.8 Å². The molecule has 0 atom stereocenters. The van der Waals surface area contributed by atoms with Gasteiger partial charge in [0.25, 0.3) is 5.91 Å². The summed E-state index contributed by atoms with van der Waals surface area (Å²) in [4.78, 5) is 12.1. The van der Waals surface area contributed by atoms with Crippen LogP contribution in [0.15, 0.2) is 42.5 Å². The fraction of sp³-hybridized carbons (Fsp3) is 0.133. The van der Waals surface area contributed by atoms with Crippen LogP contribution in [0.3, 0.4) is 0 Å². The van der Waals surface area contributed by atoms with Crippen molar-refractivity contribution in [3.05, 3.63) is 64.2 Å². The standard InChI is InChI=1S/C15H15BClNO3/c1-10-2-4-11(5-3-10)9-18-15(19)12-6-7-14(17)13(8-12)16(20)21/h2-8,20-21H,9H2,1H3,(H,18,19). The number of amides is 1. The quantitative estimate of drug-likeness (QED) is 0.745. The molecule has 0 aliphatic heterocycles. The Bertz CT molecular complexity index is 644. The lowest BCUT2D eigenvalue weighted by atomic mass is 9.79. The van der Waals surface area contributed by atoms with E-state index in [0.29, 0.717) is 12.1 Å². The van der Waals surface area contributed by atoms with Crippen LogP contribution in [0.2, 0.25) is 5.02 Å². The molecule has 0 saturated heterocycles. The molecular weight excluding hydrogens is 288 g/mol. The van der Waals surface area contributed by atoms with Crippen LogP contribution in [0.5, 0.6) is 0 Å². The maximum atomic E-state index is 12.1. The first-order valence-electron chi connectivity index (χ1n) is 6.46. The summed E-state index contributed by atoms with van der Waals surface area (Å²) >= 11 is 5.83. The van der Waals surface area contributed by atoms with Crippen molar-refractivity contribution in [2.45, 2.75) is 13.5 Å². The highest BCUT2D eigenvalue weighted by atomic mass is 35.5. The van der Waals surface area contributed by atoms with Gasteiger partial charge in [-0.2, -0.15) is 0 Å². The summed E-state index contributed by atoms with van der Waals surface area (Å²) in [6.45, 7) is 2.40. The number of nitrogens with one attached hydrogen (secondary N) is 1. The summed E-state index contributed by atoms with van der Waals surface area (Å²) in [6.07, 6.45) is 0. The van der Waals surface area contributed by atoms with Crippen molar-refractivity contribution < 1.29 is 14.8 Å². The van der Waals surface area contributed by atoms with Gasteiger partial charge in [-0.05, 0) is 30.7 Å². The molecule has 0 unspecified atom stereocenters. The maximum Gasteiger partial charge on any atom is 0.489 e. The molecule has 0 bridgehead atoms. The molecule has 2 rings (SSSR count). The van der Waals surface area contributed by atoms with Crippen LogP contribution in [0.4, 0.5) is 0 Å². The second-order valence-electron chi connectivity index (χ2n) is 4.78. The summed E-state index contributed by atoms with van der Waals surface area (Å²) < 4.78 is 0. The van der Waals surface area contributed by atoms with E-state index in [-0.39, 0.29) is 16.4 Å². The lowest BCUT2D eigenvalue weighted by Crippen LogP contribution is -2.32. The third-order valence-electron chi connectivity index (χ3n) is 3.11. The van der Waals surface area contributed by atoms with Crippen LogP contribution in [0.25, 0.3) is 0 Å². The number of carbonyl (C=O) groups excluding carboxylic acids is 1. The van der Waals surface area contributed by atoms with Crippen LogP contribution in [-0.2, 0) is 6.54 Å². The van der Waals surface area contributed by atoms with E-state index in [4.69, 9.17) is 11.6 Å². The van der Waals surface area contributed by atoms with Crippen molar-refractivity contribution in [1.82, 2.24) is 5.32 Å². The van der Waals surface area contributed by atoms with Gasteiger partial charge in [0.15, 0.2) is 0 Å². The minimum Gasteiger partial charge on any atom is -0.423 e. The number of hydrogen-bond acceptors (Lipinski definition) is 3. The smallest absolute Gasteiger partial charge is 0.423 e. The monoisotopic (exact) mass is 303 g/mol. The first-order chi connectivity index (χ1) is 9.97. The maximum absolute atomic E-state index is 12.1. The molecular formula is C15H15BClNO3. The lowest BCUT2D eigenvalue weighted by molar-refractivity contribution is 0.0951. The molecule has 1 amide bonds. The van der Waals surface area contributed by atoms with Gasteiger partial charge < -0.3 is 15.4 Å². The molecule has 0 fully saturated rings. The molecule has 21 heavy (non-hydrogen) atoms. The van der Waals surface area contributed by atoms with Crippen molar-refractivity contribution in [3.63, 3.8) is 0 Å². The molecule has 2 aromatic carbocycles. The molecule has 0 saturated carbocycles. The van der Waals surface area contributed by atoms with Gasteiger partial charge in [0.1, 0.15) is 0 Å². The molecule has 0 radical (unpaired) electrons. The molecule has 0 aliphatic rings. The number of benzene rings is 2. The largest absolute Gasteiger partial charge is 0.489 e. The number of halogens is 1. The fourth-order valence-electron chi connectivity index (χ4n) is 1.87. The zero-order valence-corrected chi connectivity index (χ0v) is 12.3. The van der Waals surface area contributed by atoms with Gasteiger partial charge in [-0.15, -0.1) is 0 Å². The van der Waals surface area contributed by atoms with Gasteiger partial charge in [-0.25, -0.2) is 0 Å². The Morgan fingerprint density at radius 1 is 1.19 bits per heavy atom. The Kier molecular flexibility index (Phi) is 5.01. The summed E-state index contributed by atoms with van der Waals surface area (Å²) in [5.41, 5.74) is 2.59. The van der Waals surface area contributed by atoms with Gasteiger partial charge in [-0.3, -0.25) is 4.79 Å². The molecule has 2 aromatic rings. The second-order valence-corrected chi connectivity index (χ2v) is 5.19. The molecule has 0 heterocycles. The van der Waals surface area contributed by atoms with Crippen molar-refractivity contribution >= 4 is 30.1 Å². The van der Waals surface area contributed by atoms with Gasteiger partial charge in [0, 0.05) is 22.6 Å². The van der Waals surface area contributed by atoms with E-state index in [1.165, 1.54) is 12.1 Å². The van der Waals surface area contributed by atoms with Crippen LogP contribution in [0.1, 0.15) is 21.5 Å². The fourth-order valence-corrected chi connectivity index (χ4v) is 2.09. The molecule has 0 spiro atoms. The predicted octanol–water partition coefficient (Wildman–Crippen LogP) is 1.26. The Hall–Kier alpha value is -1.82. The average Bonchev–Trinajstić information content (AvgIpc) is 2.46. The molecule has 108 valence electrons. The van der Waals surface area contributed by atoms with Crippen LogP contribution in [0, 0.1) is 6.92 Å². The number of rotatable bonds is 4. The highest BCUT2D eigenvalue weighted by Crippen LogP contribution is 2.09. The van der Waals surface area contributed by atoms with E-state index in [1.54, 1.807) is 6.07 Å². The second kappa shape index (κ2) is 6.76. The van der Waals surface area contributed by atoms with E-state index in [1.807, 2.05) is 31.2 Å². The van der Waals surface area contributed by atoms with Crippen LogP contribution >= 0.6 is 11.6 Å². The van der Waals surface area contributed by atoms with Crippen molar-refractivity contribution in [2.24, 2.45) is 0 Å². The Labute approximate surface area is 128 Å². The molecule has 6 heteroatoms. The first kappa shape index (κ1) is 15.6. The molecule has 0 aromatic heterocycles. The Morgan fingerprint density at radius 2 is 1.86 bits per heavy atom. The summed E-state index contributed by atoms with van der Waals surface area (Å²) in [5, 5.41) is 21.4. The first-order valence-corrected chi connectivity index (χ1v) is 6.84. The van der Waals surface area contributed by atoms with Crippen molar-refractivity contribution in [1.29, 1.82) is 0 Å². The zero-order chi connectivity index (χ0) is 15.4. The third kappa shape index (κ3) is 4.08. The van der Waals surface area contributed by atoms with Crippen LogP contribution in [-0.4, -0.2) is 23.1 Å². The van der Waals surface area contributed by atoms with Crippen molar-refractivity contribution in [3.8, 4) is 0 Å². The van der Waals surface area contributed by atoms with Gasteiger partial charge in [0.05, 0.1) is 0 Å². The third-order valence-corrected chi connectivity index (χ3v) is 3.45. The van der Waals surface area contributed by atoms with E-state index in [2.05, 4.69) is 5.32 Å².